The Hall–Kier alpha value is -3.51. The molecule has 0 radical (unpaired) electrons. The Kier molecular flexibility index (Phi) is 4.77. The first-order chi connectivity index (χ1) is 14.6. The molecule has 5 rings (SSSR count). The number of carbonyl (C=O) groups is 1. The van der Waals surface area contributed by atoms with Crippen LogP contribution in [0.5, 0.6) is 11.5 Å². The summed E-state index contributed by atoms with van der Waals surface area (Å²) in [5.74, 6) is 1.58. The van der Waals surface area contributed by atoms with Crippen molar-refractivity contribution in [1.82, 2.24) is 4.98 Å². The van der Waals surface area contributed by atoms with Crippen LogP contribution in [-0.2, 0) is 6.42 Å². The predicted molar refractivity (Wildman–Crippen MR) is 114 cm³/mol. The molecule has 0 unspecified atom stereocenters. The molecule has 3 aromatic carbocycles. The van der Waals surface area contributed by atoms with E-state index < -0.39 is 0 Å². The van der Waals surface area contributed by atoms with Gasteiger partial charge in [0.2, 0.25) is 0 Å². The van der Waals surface area contributed by atoms with Gasteiger partial charge < -0.3 is 19.2 Å². The van der Waals surface area contributed by atoms with Crippen LogP contribution in [0, 0.1) is 0 Å². The highest BCUT2D eigenvalue weighted by molar-refractivity contribution is 6.30. The monoisotopic (exact) mass is 420 g/mol. The maximum absolute atomic E-state index is 12.6. The molecule has 0 spiro atoms. The van der Waals surface area contributed by atoms with Crippen LogP contribution in [0.4, 0.5) is 5.69 Å². The van der Waals surface area contributed by atoms with E-state index in [1.54, 1.807) is 36.4 Å². The molecule has 30 heavy (non-hydrogen) atoms. The van der Waals surface area contributed by atoms with E-state index in [9.17, 15) is 4.79 Å². The summed E-state index contributed by atoms with van der Waals surface area (Å²) in [7, 11) is 0. The lowest BCUT2D eigenvalue weighted by Crippen LogP contribution is -2.17. The molecule has 1 aliphatic rings. The highest BCUT2D eigenvalue weighted by atomic mass is 35.5. The van der Waals surface area contributed by atoms with E-state index in [2.05, 4.69) is 10.3 Å². The van der Waals surface area contributed by atoms with E-state index in [0.717, 1.165) is 5.56 Å². The molecular weight excluding hydrogens is 404 g/mol. The van der Waals surface area contributed by atoms with Gasteiger partial charge in [0.1, 0.15) is 18.7 Å². The van der Waals surface area contributed by atoms with Gasteiger partial charge in [-0.2, -0.15) is 0 Å². The fourth-order valence-corrected chi connectivity index (χ4v) is 3.42. The zero-order valence-corrected chi connectivity index (χ0v) is 16.6. The number of amides is 1. The molecule has 1 aliphatic heterocycles. The number of fused-ring (bicyclic) bond motifs is 2. The number of benzene rings is 3. The van der Waals surface area contributed by atoms with Gasteiger partial charge in [0.25, 0.3) is 5.91 Å². The molecule has 4 aromatic rings. The van der Waals surface area contributed by atoms with Crippen molar-refractivity contribution >= 4 is 34.3 Å². The van der Waals surface area contributed by atoms with Gasteiger partial charge in [-0.25, -0.2) is 4.98 Å². The maximum Gasteiger partial charge on any atom is 0.255 e. The van der Waals surface area contributed by atoms with Crippen molar-refractivity contribution in [3.63, 3.8) is 0 Å². The lowest BCUT2D eigenvalue weighted by Gasteiger charge is -2.18. The minimum absolute atomic E-state index is 0.240. The summed E-state index contributed by atoms with van der Waals surface area (Å²) < 4.78 is 16.9. The summed E-state index contributed by atoms with van der Waals surface area (Å²) in [5, 5.41) is 3.58. The molecule has 7 heteroatoms. The number of halogens is 1. The average molecular weight is 421 g/mol. The number of hydrogen-bond acceptors (Lipinski definition) is 5. The second kappa shape index (κ2) is 7.72. The van der Waals surface area contributed by atoms with Crippen molar-refractivity contribution in [3.8, 4) is 11.5 Å². The zero-order valence-electron chi connectivity index (χ0n) is 15.9. The fraction of sp³-hybridized carbons (Fsp3) is 0.130. The summed E-state index contributed by atoms with van der Waals surface area (Å²) in [5.41, 5.74) is 3.52. The first-order valence-electron chi connectivity index (χ1n) is 9.49. The molecule has 0 aliphatic carbocycles. The van der Waals surface area contributed by atoms with Crippen molar-refractivity contribution in [3.05, 3.63) is 82.7 Å². The van der Waals surface area contributed by atoms with Crippen molar-refractivity contribution in [2.24, 2.45) is 0 Å². The van der Waals surface area contributed by atoms with E-state index in [1.807, 2.05) is 24.3 Å². The molecule has 0 atom stereocenters. The Balaban J connectivity index is 1.33. The first-order valence-corrected chi connectivity index (χ1v) is 9.87. The topological polar surface area (TPSA) is 73.6 Å². The lowest BCUT2D eigenvalue weighted by molar-refractivity contribution is 0.102. The van der Waals surface area contributed by atoms with Gasteiger partial charge in [-0.05, 0) is 54.1 Å². The molecule has 0 saturated heterocycles. The van der Waals surface area contributed by atoms with Gasteiger partial charge in [-0.3, -0.25) is 4.79 Å². The highest BCUT2D eigenvalue weighted by Crippen LogP contribution is 2.31. The smallest absolute Gasteiger partial charge is 0.255 e. The standard InChI is InChI=1S/C23H17ClN2O4/c24-16-4-1-14(2-5-16)11-22-26-18-13-17(6-8-19(18)30-22)25-23(27)15-3-7-20-21(12-15)29-10-9-28-20/h1-8,12-13H,9-11H2,(H,25,27). The fourth-order valence-electron chi connectivity index (χ4n) is 3.29. The van der Waals surface area contributed by atoms with Crippen LogP contribution in [0.3, 0.4) is 0 Å². The molecule has 2 heterocycles. The Bertz CT molecular complexity index is 1230. The quantitative estimate of drug-likeness (QED) is 0.497. The zero-order chi connectivity index (χ0) is 20.5. The SMILES string of the molecule is O=C(Nc1ccc2oc(Cc3ccc(Cl)cc3)nc2c1)c1ccc2c(c1)OCCO2. The second-order valence-corrected chi connectivity index (χ2v) is 7.34. The van der Waals surface area contributed by atoms with E-state index in [1.165, 1.54) is 0 Å². The van der Waals surface area contributed by atoms with Crippen molar-refractivity contribution in [2.75, 3.05) is 18.5 Å². The average Bonchev–Trinajstić information content (AvgIpc) is 3.16. The molecular formula is C23H17ClN2O4. The Morgan fingerprint density at radius 2 is 1.77 bits per heavy atom. The van der Waals surface area contributed by atoms with Crippen molar-refractivity contribution in [1.29, 1.82) is 0 Å². The minimum Gasteiger partial charge on any atom is -0.486 e. The number of nitrogens with zero attached hydrogens (tertiary/aromatic N) is 1. The summed E-state index contributed by atoms with van der Waals surface area (Å²) in [6.07, 6.45) is 0.560. The Labute approximate surface area is 177 Å². The minimum atomic E-state index is -0.240. The van der Waals surface area contributed by atoms with Gasteiger partial charge in [-0.1, -0.05) is 23.7 Å². The van der Waals surface area contributed by atoms with Gasteiger partial charge in [0, 0.05) is 22.7 Å². The molecule has 0 fully saturated rings. The van der Waals surface area contributed by atoms with Gasteiger partial charge in [0.15, 0.2) is 23.0 Å². The maximum atomic E-state index is 12.6. The predicted octanol–water partition coefficient (Wildman–Crippen LogP) is 5.10. The van der Waals surface area contributed by atoms with Crippen LogP contribution in [0.25, 0.3) is 11.1 Å². The number of rotatable bonds is 4. The van der Waals surface area contributed by atoms with Crippen LogP contribution in [0.2, 0.25) is 5.02 Å². The second-order valence-electron chi connectivity index (χ2n) is 6.91. The largest absolute Gasteiger partial charge is 0.486 e. The summed E-state index contributed by atoms with van der Waals surface area (Å²) >= 11 is 5.93. The number of nitrogens with one attached hydrogen (secondary N) is 1. The van der Waals surface area contributed by atoms with E-state index >= 15 is 0 Å². The van der Waals surface area contributed by atoms with Crippen LogP contribution < -0.4 is 14.8 Å². The summed E-state index contributed by atoms with van der Waals surface area (Å²) in [4.78, 5) is 17.2. The number of hydrogen-bond donors (Lipinski definition) is 1. The highest BCUT2D eigenvalue weighted by Gasteiger charge is 2.16. The first kappa shape index (κ1) is 18.5. The molecule has 0 saturated carbocycles. The third-order valence-corrected chi connectivity index (χ3v) is 5.01. The lowest BCUT2D eigenvalue weighted by atomic mass is 10.1. The van der Waals surface area contributed by atoms with Gasteiger partial charge >= 0.3 is 0 Å². The van der Waals surface area contributed by atoms with Crippen LogP contribution in [-0.4, -0.2) is 24.1 Å². The molecule has 0 bridgehead atoms. The molecule has 1 aromatic heterocycles. The number of aromatic nitrogens is 1. The van der Waals surface area contributed by atoms with Crippen LogP contribution in [0.15, 0.2) is 65.1 Å². The Morgan fingerprint density at radius 3 is 2.60 bits per heavy atom. The van der Waals surface area contributed by atoms with Gasteiger partial charge in [-0.15, -0.1) is 0 Å². The summed E-state index contributed by atoms with van der Waals surface area (Å²) in [6.45, 7) is 0.982. The molecule has 150 valence electrons. The Morgan fingerprint density at radius 1 is 0.967 bits per heavy atom. The number of anilines is 1. The van der Waals surface area contributed by atoms with Crippen LogP contribution in [0.1, 0.15) is 21.8 Å². The van der Waals surface area contributed by atoms with E-state index in [4.69, 9.17) is 25.5 Å². The van der Waals surface area contributed by atoms with Crippen LogP contribution >= 0.6 is 11.6 Å². The van der Waals surface area contributed by atoms with Crippen molar-refractivity contribution in [2.45, 2.75) is 6.42 Å². The summed E-state index contributed by atoms with van der Waals surface area (Å²) in [6, 6.07) is 18.1. The number of ether oxygens (including phenoxy) is 2. The van der Waals surface area contributed by atoms with Crippen molar-refractivity contribution < 1.29 is 18.7 Å². The third kappa shape index (κ3) is 3.82. The van der Waals surface area contributed by atoms with E-state index in [-0.39, 0.29) is 5.91 Å². The molecule has 1 amide bonds. The number of oxazole rings is 1. The molecule has 1 N–H and O–H groups in total. The number of carbonyl (C=O) groups excluding carboxylic acids is 1. The normalized spacial score (nSPS) is 12.7. The van der Waals surface area contributed by atoms with Gasteiger partial charge in [0.05, 0.1) is 0 Å². The molecule has 6 nitrogen and oxygen atoms in total. The third-order valence-electron chi connectivity index (χ3n) is 4.76. The van der Waals surface area contributed by atoms with E-state index in [0.29, 0.717) is 64.4 Å².